The van der Waals surface area contributed by atoms with Crippen molar-refractivity contribution in [1.29, 1.82) is 0 Å². The van der Waals surface area contributed by atoms with Crippen LogP contribution in [0.2, 0.25) is 0 Å². The number of nitrogens with zero attached hydrogens (tertiary/aromatic N) is 3. The highest BCUT2D eigenvalue weighted by Gasteiger charge is 2.33. The van der Waals surface area contributed by atoms with E-state index in [2.05, 4.69) is 41.8 Å². The molecule has 0 radical (unpaired) electrons. The molecule has 0 N–H and O–H groups in total. The van der Waals surface area contributed by atoms with Crippen molar-refractivity contribution in [3.8, 4) is 6.01 Å². The van der Waals surface area contributed by atoms with Crippen LogP contribution < -0.4 is 4.74 Å². The largest absolute Gasteiger partial charge is 0.462 e. The third-order valence-electron chi connectivity index (χ3n) is 5.49. The zero-order valence-corrected chi connectivity index (χ0v) is 18.8. The zero-order valence-electron chi connectivity index (χ0n) is 18.8. The van der Waals surface area contributed by atoms with Gasteiger partial charge in [0.1, 0.15) is 12.2 Å². The number of imidazole rings is 1. The van der Waals surface area contributed by atoms with Gasteiger partial charge >= 0.3 is 6.09 Å². The van der Waals surface area contributed by atoms with Crippen molar-refractivity contribution in [2.75, 3.05) is 13.2 Å². The lowest BCUT2D eigenvalue weighted by Gasteiger charge is -2.28. The van der Waals surface area contributed by atoms with Gasteiger partial charge in [-0.25, -0.2) is 4.79 Å². The van der Waals surface area contributed by atoms with Crippen molar-refractivity contribution in [3.63, 3.8) is 0 Å². The fourth-order valence-electron chi connectivity index (χ4n) is 3.93. The van der Waals surface area contributed by atoms with E-state index in [1.165, 1.54) is 11.1 Å². The van der Waals surface area contributed by atoms with Crippen LogP contribution in [0.25, 0.3) is 11.0 Å². The third-order valence-corrected chi connectivity index (χ3v) is 5.49. The quantitative estimate of drug-likeness (QED) is 0.570. The van der Waals surface area contributed by atoms with Crippen molar-refractivity contribution in [3.05, 3.63) is 59.7 Å². The van der Waals surface area contributed by atoms with Gasteiger partial charge in [-0.2, -0.15) is 4.98 Å². The third kappa shape index (κ3) is 5.01. The summed E-state index contributed by atoms with van der Waals surface area (Å²) < 4.78 is 13.9. The molecule has 1 aliphatic rings. The predicted molar refractivity (Wildman–Crippen MR) is 121 cm³/mol. The summed E-state index contributed by atoms with van der Waals surface area (Å²) in [4.78, 5) is 19.1. The molecule has 0 saturated carbocycles. The van der Waals surface area contributed by atoms with Crippen LogP contribution in [0.15, 0.2) is 48.5 Å². The van der Waals surface area contributed by atoms with Crippen LogP contribution in [0.3, 0.4) is 0 Å². The van der Waals surface area contributed by atoms with Crippen molar-refractivity contribution in [1.82, 2.24) is 14.5 Å². The predicted octanol–water partition coefficient (Wildman–Crippen LogP) is 5.17. The van der Waals surface area contributed by atoms with Gasteiger partial charge in [-0.3, -0.25) is 4.57 Å². The van der Waals surface area contributed by atoms with Gasteiger partial charge in [0.2, 0.25) is 0 Å². The number of para-hydroxylation sites is 2. The molecule has 1 aromatic heterocycles. The second-order valence-electron chi connectivity index (χ2n) is 9.24. The van der Waals surface area contributed by atoms with Gasteiger partial charge in [0, 0.05) is 6.54 Å². The highest BCUT2D eigenvalue weighted by Crippen LogP contribution is 2.25. The number of benzene rings is 2. The first-order chi connectivity index (χ1) is 14.8. The number of amides is 1. The Morgan fingerprint density at radius 3 is 2.61 bits per heavy atom. The van der Waals surface area contributed by atoms with Gasteiger partial charge in [0.25, 0.3) is 6.01 Å². The van der Waals surface area contributed by atoms with E-state index >= 15 is 0 Å². The van der Waals surface area contributed by atoms with Gasteiger partial charge in [-0.05, 0) is 58.2 Å². The topological polar surface area (TPSA) is 56.6 Å². The first-order valence-electron chi connectivity index (χ1n) is 10.9. The minimum absolute atomic E-state index is 0.0116. The fourth-order valence-corrected chi connectivity index (χ4v) is 3.93. The molecule has 0 aliphatic carbocycles. The Morgan fingerprint density at radius 1 is 1.13 bits per heavy atom. The summed E-state index contributed by atoms with van der Waals surface area (Å²) >= 11 is 0. The second-order valence-corrected chi connectivity index (χ2v) is 9.24. The summed E-state index contributed by atoms with van der Waals surface area (Å²) in [5.41, 5.74) is 3.86. The van der Waals surface area contributed by atoms with E-state index in [0.29, 0.717) is 25.7 Å². The van der Waals surface area contributed by atoms with Crippen molar-refractivity contribution in [2.24, 2.45) is 0 Å². The van der Waals surface area contributed by atoms with Crippen LogP contribution in [0.1, 0.15) is 44.7 Å². The summed E-state index contributed by atoms with van der Waals surface area (Å²) in [5, 5.41) is 0. The van der Waals surface area contributed by atoms with Crippen LogP contribution in [-0.2, 0) is 11.3 Å². The van der Waals surface area contributed by atoms with Gasteiger partial charge in [-0.15, -0.1) is 0 Å². The van der Waals surface area contributed by atoms with Crippen LogP contribution in [0, 0.1) is 6.92 Å². The summed E-state index contributed by atoms with van der Waals surface area (Å²) in [5.74, 6) is 0. The van der Waals surface area contributed by atoms with Crippen LogP contribution >= 0.6 is 0 Å². The molecule has 2 heterocycles. The number of fused-ring (bicyclic) bond motifs is 1. The fraction of sp³-hybridized carbons (Fsp3) is 0.440. The lowest BCUT2D eigenvalue weighted by molar-refractivity contribution is 0.0183. The van der Waals surface area contributed by atoms with E-state index in [1.807, 2.05) is 39.0 Å². The molecular formula is C25H31N3O3. The van der Waals surface area contributed by atoms with Crippen molar-refractivity contribution >= 4 is 17.1 Å². The van der Waals surface area contributed by atoms with E-state index in [9.17, 15) is 4.79 Å². The Labute approximate surface area is 183 Å². The molecule has 6 nitrogen and oxygen atoms in total. The van der Waals surface area contributed by atoms with Crippen LogP contribution in [0.4, 0.5) is 4.79 Å². The molecule has 1 saturated heterocycles. The van der Waals surface area contributed by atoms with Gasteiger partial charge in [0.15, 0.2) is 0 Å². The number of carbonyl (C=O) groups is 1. The first-order valence-corrected chi connectivity index (χ1v) is 10.9. The number of hydrogen-bond donors (Lipinski definition) is 0. The molecule has 1 amide bonds. The normalized spacial score (nSPS) is 16.6. The molecule has 1 aliphatic heterocycles. The number of hydrogen-bond acceptors (Lipinski definition) is 4. The highest BCUT2D eigenvalue weighted by atomic mass is 16.6. The molecule has 164 valence electrons. The molecule has 31 heavy (non-hydrogen) atoms. The maximum absolute atomic E-state index is 12.6. The average Bonchev–Trinajstić information content (AvgIpc) is 3.32. The average molecular weight is 422 g/mol. The Kier molecular flexibility index (Phi) is 5.90. The molecule has 4 rings (SSSR count). The van der Waals surface area contributed by atoms with E-state index < -0.39 is 5.60 Å². The van der Waals surface area contributed by atoms with Crippen LogP contribution in [-0.4, -0.2) is 45.3 Å². The summed E-state index contributed by atoms with van der Waals surface area (Å²) in [7, 11) is 0. The maximum atomic E-state index is 12.6. The number of aromatic nitrogens is 2. The van der Waals surface area contributed by atoms with Gasteiger partial charge < -0.3 is 14.4 Å². The number of carbonyl (C=O) groups excluding carboxylic acids is 1. The highest BCUT2D eigenvalue weighted by molar-refractivity contribution is 5.76. The second kappa shape index (κ2) is 8.61. The number of likely N-dealkylation sites (tertiary alicyclic amines) is 1. The lowest BCUT2D eigenvalue weighted by atomic mass is 10.1. The summed E-state index contributed by atoms with van der Waals surface area (Å²) in [6, 6.07) is 17.1. The number of aryl methyl sites for hydroxylation is 1. The first kappa shape index (κ1) is 21.2. The van der Waals surface area contributed by atoms with E-state index in [1.54, 1.807) is 4.90 Å². The molecule has 3 aromatic rings. The van der Waals surface area contributed by atoms with E-state index in [0.717, 1.165) is 23.9 Å². The van der Waals surface area contributed by atoms with E-state index in [4.69, 9.17) is 14.5 Å². The molecule has 0 bridgehead atoms. The smallest absolute Gasteiger partial charge is 0.410 e. The molecule has 1 atom stereocenters. The monoisotopic (exact) mass is 421 g/mol. The Balaban J connectivity index is 1.53. The molecule has 0 spiro atoms. The molecule has 6 heteroatoms. The van der Waals surface area contributed by atoms with Crippen molar-refractivity contribution < 1.29 is 14.3 Å². The number of rotatable bonds is 5. The van der Waals surface area contributed by atoms with Gasteiger partial charge in [-0.1, -0.05) is 42.0 Å². The Hall–Kier alpha value is -3.02. The molecule has 1 unspecified atom stereocenters. The summed E-state index contributed by atoms with van der Waals surface area (Å²) in [6.07, 6.45) is 1.58. The Morgan fingerprint density at radius 2 is 1.87 bits per heavy atom. The summed E-state index contributed by atoms with van der Waals surface area (Å²) in [6.45, 7) is 9.53. The number of ether oxygens (including phenoxy) is 2. The Bertz CT molecular complexity index is 1050. The lowest BCUT2D eigenvalue weighted by Crippen LogP contribution is -2.42. The molecular weight excluding hydrogens is 390 g/mol. The maximum Gasteiger partial charge on any atom is 0.410 e. The van der Waals surface area contributed by atoms with Crippen LogP contribution in [0.5, 0.6) is 6.01 Å². The molecule has 1 fully saturated rings. The molecule has 2 aromatic carbocycles. The minimum atomic E-state index is -0.507. The minimum Gasteiger partial charge on any atom is -0.462 e. The van der Waals surface area contributed by atoms with E-state index in [-0.39, 0.29) is 12.1 Å². The van der Waals surface area contributed by atoms with Crippen molar-refractivity contribution in [2.45, 2.75) is 58.7 Å². The zero-order chi connectivity index (χ0) is 22.0. The van der Waals surface area contributed by atoms with Gasteiger partial charge in [0.05, 0.1) is 23.6 Å². The SMILES string of the molecule is Cc1ccc(Cn2c(OCC3CCCN3C(=O)OC(C)(C)C)nc3ccccc32)cc1. The standard InChI is InChI=1S/C25H31N3O3/c1-18-11-13-19(14-12-18)16-28-22-10-6-5-9-21(22)26-23(28)30-17-20-8-7-15-27(20)24(29)31-25(2,3)4/h5-6,9-14,20H,7-8,15-17H2,1-4H3.